The number of hydrogen-bond acceptors (Lipinski definition) is 8. The van der Waals surface area contributed by atoms with Gasteiger partial charge in [-0.15, -0.1) is 6.42 Å². The number of piperazine rings is 1. The Morgan fingerprint density at radius 3 is 2.74 bits per heavy atom. The number of anilines is 1. The summed E-state index contributed by atoms with van der Waals surface area (Å²) in [5, 5.41) is 5.30. The number of pyridine rings is 1. The van der Waals surface area contributed by atoms with Crippen molar-refractivity contribution in [3.05, 3.63) is 65.9 Å². The Morgan fingerprint density at radius 2 is 1.96 bits per heavy atom. The van der Waals surface area contributed by atoms with Gasteiger partial charge >= 0.3 is 6.01 Å². The van der Waals surface area contributed by atoms with Gasteiger partial charge in [0.15, 0.2) is 5.82 Å². The minimum absolute atomic E-state index is 0.0474. The third-order valence-corrected chi connectivity index (χ3v) is 10.3. The van der Waals surface area contributed by atoms with Crippen LogP contribution in [-0.4, -0.2) is 83.5 Å². The highest BCUT2D eigenvalue weighted by atomic mass is 19.1. The quantitative estimate of drug-likeness (QED) is 0.222. The molecule has 2 aromatic carbocycles. The molecule has 8 rings (SSSR count). The third-order valence-electron chi connectivity index (χ3n) is 10.3. The number of hydrogen-bond donors (Lipinski definition) is 1. The van der Waals surface area contributed by atoms with Crippen molar-refractivity contribution < 1.29 is 18.3 Å². The molecule has 236 valence electrons. The molecule has 4 fully saturated rings. The van der Waals surface area contributed by atoms with Crippen LogP contribution in [0.5, 0.6) is 6.01 Å². The number of halogens is 2. The summed E-state index contributed by atoms with van der Waals surface area (Å²) >= 11 is 0. The SMILES string of the molecule is C#Cc1c(F)ccc2cccc(-c3ncc4c(N5CC6CCC(C5)N6)nc(OCC56CC[C@H](COC)N5CC(=C)C6)nc4c3F)c12. The zero-order valence-electron chi connectivity index (χ0n) is 25.9. The van der Waals surface area contributed by atoms with Crippen LogP contribution in [-0.2, 0) is 4.74 Å². The number of benzene rings is 2. The fourth-order valence-electron chi connectivity index (χ4n) is 8.32. The lowest BCUT2D eigenvalue weighted by Crippen LogP contribution is -2.51. The summed E-state index contributed by atoms with van der Waals surface area (Å²) in [6.45, 7) is 7.59. The van der Waals surface area contributed by atoms with Gasteiger partial charge in [-0.25, -0.2) is 8.78 Å². The minimum atomic E-state index is -0.626. The third kappa shape index (κ3) is 4.72. The molecule has 46 heavy (non-hydrogen) atoms. The van der Waals surface area contributed by atoms with E-state index >= 15 is 4.39 Å². The molecule has 0 saturated carbocycles. The Labute approximate surface area is 266 Å². The summed E-state index contributed by atoms with van der Waals surface area (Å²) in [4.78, 5) is 18.8. The van der Waals surface area contributed by atoms with E-state index in [1.54, 1.807) is 31.5 Å². The summed E-state index contributed by atoms with van der Waals surface area (Å²) in [5.41, 5.74) is 1.57. The van der Waals surface area contributed by atoms with Crippen molar-refractivity contribution in [2.45, 2.75) is 55.8 Å². The smallest absolute Gasteiger partial charge is 0.319 e. The zero-order chi connectivity index (χ0) is 31.6. The molecular weight excluding hydrogens is 586 g/mol. The van der Waals surface area contributed by atoms with Gasteiger partial charge in [0, 0.05) is 62.0 Å². The minimum Gasteiger partial charge on any atom is -0.461 e. The molecule has 2 bridgehead atoms. The van der Waals surface area contributed by atoms with Crippen molar-refractivity contribution in [2.24, 2.45) is 0 Å². The predicted octanol–water partition coefficient (Wildman–Crippen LogP) is 5.23. The maximum absolute atomic E-state index is 16.8. The Balaban J connectivity index is 1.24. The first kappa shape index (κ1) is 29.2. The summed E-state index contributed by atoms with van der Waals surface area (Å²) < 4.78 is 43.6. The number of fused-ring (bicyclic) bond motifs is 5. The average Bonchev–Trinajstić information content (AvgIpc) is 3.69. The molecule has 3 unspecified atom stereocenters. The highest BCUT2D eigenvalue weighted by Gasteiger charge is 2.51. The van der Waals surface area contributed by atoms with Gasteiger partial charge < -0.3 is 19.7 Å². The van der Waals surface area contributed by atoms with Crippen LogP contribution in [0.3, 0.4) is 0 Å². The van der Waals surface area contributed by atoms with Gasteiger partial charge in [-0.2, -0.15) is 9.97 Å². The fraction of sp³-hybridized carbons (Fsp3) is 0.417. The van der Waals surface area contributed by atoms with E-state index in [0.717, 1.165) is 51.7 Å². The Morgan fingerprint density at radius 1 is 1.13 bits per heavy atom. The Kier molecular flexibility index (Phi) is 7.16. The van der Waals surface area contributed by atoms with Crippen LogP contribution in [0.2, 0.25) is 0 Å². The van der Waals surface area contributed by atoms with Crippen LogP contribution >= 0.6 is 0 Å². The first-order valence-corrected chi connectivity index (χ1v) is 16.0. The molecule has 4 atom stereocenters. The van der Waals surface area contributed by atoms with Gasteiger partial charge in [-0.3, -0.25) is 9.88 Å². The molecule has 0 amide bonds. The first-order chi connectivity index (χ1) is 22.4. The number of aromatic nitrogens is 3. The summed E-state index contributed by atoms with van der Waals surface area (Å²) in [5.74, 6) is 1.90. The standard InChI is InChI=1S/C36H36F2N6O2/c1-4-26-29(37)11-8-22-6-5-7-27(30(22)26)32-31(38)33-28(15-39-32)34(43-17-23-9-10-24(18-43)40-23)42-35(41-33)46-20-36-13-12-25(19-45-3)44(36)16-21(2)14-36/h1,5-8,11,15,23-25,40H,2,9-10,12-14,16-20H2,3H3/t23?,24?,25-,36?/m1/s1. The maximum atomic E-state index is 16.8. The van der Waals surface area contributed by atoms with Gasteiger partial charge in [0.1, 0.15) is 29.5 Å². The lowest BCUT2D eigenvalue weighted by molar-refractivity contribution is 0.0522. The van der Waals surface area contributed by atoms with E-state index in [1.807, 2.05) is 6.07 Å². The normalized spacial score (nSPS) is 25.8. The van der Waals surface area contributed by atoms with E-state index in [1.165, 1.54) is 11.6 Å². The van der Waals surface area contributed by atoms with Crippen molar-refractivity contribution in [1.29, 1.82) is 0 Å². The van der Waals surface area contributed by atoms with Crippen molar-refractivity contribution in [3.63, 3.8) is 0 Å². The number of nitrogens with zero attached hydrogens (tertiary/aromatic N) is 5. The molecule has 10 heteroatoms. The molecule has 1 N–H and O–H groups in total. The maximum Gasteiger partial charge on any atom is 0.319 e. The van der Waals surface area contributed by atoms with Crippen LogP contribution in [0.25, 0.3) is 32.9 Å². The molecule has 4 aliphatic rings. The van der Waals surface area contributed by atoms with Crippen LogP contribution in [0, 0.1) is 24.0 Å². The first-order valence-electron chi connectivity index (χ1n) is 16.0. The molecule has 4 aliphatic heterocycles. The van der Waals surface area contributed by atoms with Gasteiger partial charge in [-0.05, 0) is 43.6 Å². The molecule has 0 radical (unpaired) electrons. The number of methoxy groups -OCH3 is 1. The molecule has 8 nitrogen and oxygen atoms in total. The molecule has 0 spiro atoms. The molecule has 2 aromatic heterocycles. The number of nitrogens with one attached hydrogen (secondary N) is 1. The number of ether oxygens (including phenoxy) is 2. The van der Waals surface area contributed by atoms with Crippen molar-refractivity contribution in [1.82, 2.24) is 25.2 Å². The Hall–Kier alpha value is -4.17. The summed E-state index contributed by atoms with van der Waals surface area (Å²) in [6, 6.07) is 9.39. The van der Waals surface area contributed by atoms with E-state index in [9.17, 15) is 4.39 Å². The van der Waals surface area contributed by atoms with Crippen molar-refractivity contribution in [2.75, 3.05) is 44.9 Å². The Bertz CT molecular complexity index is 1910. The van der Waals surface area contributed by atoms with E-state index in [2.05, 4.69) is 37.6 Å². The largest absolute Gasteiger partial charge is 0.461 e. The molecular formula is C36H36F2N6O2. The van der Waals surface area contributed by atoms with Gasteiger partial charge in [0.05, 0.1) is 23.1 Å². The zero-order valence-corrected chi connectivity index (χ0v) is 25.9. The van der Waals surface area contributed by atoms with E-state index in [-0.39, 0.29) is 28.3 Å². The lowest BCUT2D eigenvalue weighted by atomic mass is 9.94. The van der Waals surface area contributed by atoms with Crippen LogP contribution in [0.1, 0.15) is 37.7 Å². The highest BCUT2D eigenvalue weighted by molar-refractivity contribution is 6.02. The van der Waals surface area contributed by atoms with Crippen LogP contribution in [0.4, 0.5) is 14.6 Å². The molecule has 4 saturated heterocycles. The topological polar surface area (TPSA) is 75.6 Å². The molecule has 6 heterocycles. The van der Waals surface area contributed by atoms with Crippen molar-refractivity contribution >= 4 is 27.5 Å². The van der Waals surface area contributed by atoms with E-state index in [0.29, 0.717) is 58.9 Å². The average molecular weight is 623 g/mol. The second-order valence-electron chi connectivity index (χ2n) is 13.2. The second kappa shape index (κ2) is 11.3. The van der Waals surface area contributed by atoms with Crippen LogP contribution in [0.15, 0.2) is 48.7 Å². The van der Waals surface area contributed by atoms with Crippen LogP contribution < -0.4 is 15.0 Å². The van der Waals surface area contributed by atoms with Crippen molar-refractivity contribution in [3.8, 4) is 29.6 Å². The lowest BCUT2D eigenvalue weighted by Gasteiger charge is -2.35. The fourth-order valence-corrected chi connectivity index (χ4v) is 8.32. The second-order valence-corrected chi connectivity index (χ2v) is 13.2. The molecule has 0 aliphatic carbocycles. The number of terminal acetylenes is 1. The van der Waals surface area contributed by atoms with Gasteiger partial charge in [0.2, 0.25) is 0 Å². The monoisotopic (exact) mass is 622 g/mol. The summed E-state index contributed by atoms with van der Waals surface area (Å²) in [7, 11) is 1.73. The van der Waals surface area contributed by atoms with E-state index in [4.69, 9.17) is 20.9 Å². The highest BCUT2D eigenvalue weighted by Crippen LogP contribution is 2.45. The predicted molar refractivity (Wildman–Crippen MR) is 174 cm³/mol. The number of rotatable bonds is 7. The van der Waals surface area contributed by atoms with Gasteiger partial charge in [-0.1, -0.05) is 42.3 Å². The van der Waals surface area contributed by atoms with Gasteiger partial charge in [0.25, 0.3) is 0 Å². The van der Waals surface area contributed by atoms with E-state index < -0.39 is 11.6 Å². The summed E-state index contributed by atoms with van der Waals surface area (Å²) in [6.07, 6.45) is 12.3. The molecule has 4 aromatic rings.